The van der Waals surface area contributed by atoms with Crippen molar-refractivity contribution in [3.05, 3.63) is 88.2 Å². The van der Waals surface area contributed by atoms with E-state index in [4.69, 9.17) is 17.0 Å². The number of nitrogens with zero attached hydrogens (tertiary/aromatic N) is 5. The summed E-state index contributed by atoms with van der Waals surface area (Å²) >= 11 is 5.72. The van der Waals surface area contributed by atoms with E-state index in [0.29, 0.717) is 61.6 Å². The fourth-order valence-corrected chi connectivity index (χ4v) is 8.99. The molecule has 0 spiro atoms. The lowest BCUT2D eigenvalue weighted by atomic mass is 9.90. The molecular weight excluding hydrogens is 801 g/mol. The summed E-state index contributed by atoms with van der Waals surface area (Å²) in [6, 6.07) is 14.7. The SMILES string of the molecule is CCc1cc(N2C(=S)N(c3ccc(C#N)c(C(F)(F)F)c3)C(=O)C2(C)C)ccc1OCCN1C[C@@H](C)N(CC(=O)Cc2cc(F)cc(CC3CCC(=O)NC3=O)c2)[C@@H](C)C1. The molecule has 11 nitrogen and oxygen atoms in total. The number of hydrogen-bond acceptors (Lipinski definition) is 9. The summed E-state index contributed by atoms with van der Waals surface area (Å²) in [5, 5.41) is 11.6. The number of aryl methyl sites for hydroxylation is 1. The Kier molecular flexibility index (Phi) is 13.1. The molecule has 3 amide bonds. The van der Waals surface area contributed by atoms with Crippen LogP contribution in [-0.2, 0) is 44.6 Å². The van der Waals surface area contributed by atoms with Crippen molar-refractivity contribution in [1.82, 2.24) is 15.1 Å². The van der Waals surface area contributed by atoms with Crippen LogP contribution in [0.2, 0.25) is 0 Å². The third-order valence-electron chi connectivity index (χ3n) is 11.5. The van der Waals surface area contributed by atoms with Crippen molar-refractivity contribution in [2.45, 2.75) is 90.5 Å². The van der Waals surface area contributed by atoms with Crippen LogP contribution in [0.25, 0.3) is 0 Å². The lowest BCUT2D eigenvalue weighted by Crippen LogP contribution is -2.58. The van der Waals surface area contributed by atoms with Crippen molar-refractivity contribution in [2.75, 3.05) is 42.6 Å². The fourth-order valence-electron chi connectivity index (χ4n) is 8.47. The minimum atomic E-state index is -4.80. The van der Waals surface area contributed by atoms with Crippen LogP contribution < -0.4 is 19.9 Å². The second kappa shape index (κ2) is 17.8. The van der Waals surface area contributed by atoms with E-state index in [1.54, 1.807) is 43.0 Å². The van der Waals surface area contributed by atoms with Gasteiger partial charge in [-0.1, -0.05) is 13.0 Å². The summed E-state index contributed by atoms with van der Waals surface area (Å²) in [7, 11) is 0. The average molecular weight is 849 g/mol. The number of ether oxygens (including phenoxy) is 1. The zero-order valence-corrected chi connectivity index (χ0v) is 35.0. The molecule has 3 atom stereocenters. The number of halogens is 4. The molecule has 3 saturated heterocycles. The Morgan fingerprint density at radius 1 is 1.00 bits per heavy atom. The van der Waals surface area contributed by atoms with E-state index in [-0.39, 0.29) is 66.3 Å². The van der Waals surface area contributed by atoms with Gasteiger partial charge in [0.2, 0.25) is 11.8 Å². The largest absolute Gasteiger partial charge is 0.492 e. The molecule has 318 valence electrons. The second-order valence-electron chi connectivity index (χ2n) is 16.3. The molecule has 1 N–H and O–H groups in total. The average Bonchev–Trinajstić information content (AvgIpc) is 3.35. The van der Waals surface area contributed by atoms with Crippen molar-refractivity contribution < 1.29 is 41.5 Å². The molecule has 0 aromatic heterocycles. The van der Waals surface area contributed by atoms with Crippen molar-refractivity contribution in [2.24, 2.45) is 5.92 Å². The standard InChI is InChI=1S/C44H48F4N6O5S/c1-6-30-20-35(54-42(60)53(41(58)43(54,4)5)34-9-7-32(22-49)37(21-34)44(46,47)48)10-11-38(30)59-14-13-51-23-26(2)52(27(3)24-51)25-36(55)19-29-15-28(17-33(45)18-29)16-31-8-12-39(56)50-40(31)57/h7,9-11,15,17-18,20-21,26-27,31H,6,8,12-14,16,19,23-25H2,1-5H3,(H,50,56,57)/t26-,27+,31?. The Morgan fingerprint density at radius 2 is 1.68 bits per heavy atom. The van der Waals surface area contributed by atoms with Crippen LogP contribution >= 0.6 is 12.2 Å². The number of nitrogens with one attached hydrogen (secondary N) is 1. The molecule has 60 heavy (non-hydrogen) atoms. The molecule has 6 rings (SSSR count). The molecular formula is C44H48F4N6O5S. The molecule has 0 radical (unpaired) electrons. The van der Waals surface area contributed by atoms with Gasteiger partial charge in [-0.2, -0.15) is 18.4 Å². The van der Waals surface area contributed by atoms with Gasteiger partial charge in [-0.15, -0.1) is 0 Å². The van der Waals surface area contributed by atoms with E-state index in [2.05, 4.69) is 29.0 Å². The number of benzene rings is 3. The van der Waals surface area contributed by atoms with Gasteiger partial charge in [0.1, 0.15) is 23.7 Å². The molecule has 3 aliphatic rings. The third-order valence-corrected chi connectivity index (χ3v) is 11.9. The number of alkyl halides is 3. The Labute approximate surface area is 352 Å². The molecule has 3 aliphatic heterocycles. The van der Waals surface area contributed by atoms with E-state index >= 15 is 0 Å². The maximum Gasteiger partial charge on any atom is 0.417 e. The summed E-state index contributed by atoms with van der Waals surface area (Å²) in [5.74, 6) is -1.47. The number of rotatable bonds is 13. The van der Waals surface area contributed by atoms with Crippen molar-refractivity contribution in [3.63, 3.8) is 0 Å². The molecule has 3 fully saturated rings. The van der Waals surface area contributed by atoms with Gasteiger partial charge < -0.3 is 9.64 Å². The van der Waals surface area contributed by atoms with Crippen LogP contribution in [0.5, 0.6) is 5.75 Å². The first-order chi connectivity index (χ1) is 28.3. The van der Waals surface area contributed by atoms with Gasteiger partial charge in [-0.3, -0.25) is 39.2 Å². The number of carbonyl (C=O) groups excluding carboxylic acids is 4. The molecule has 0 aliphatic carbocycles. The Bertz CT molecular complexity index is 2230. The summed E-state index contributed by atoms with van der Waals surface area (Å²) in [6.45, 7) is 12.0. The minimum absolute atomic E-state index is 0.00719. The van der Waals surface area contributed by atoms with Crippen LogP contribution in [0, 0.1) is 23.1 Å². The van der Waals surface area contributed by atoms with Crippen molar-refractivity contribution in [3.8, 4) is 11.8 Å². The summed E-state index contributed by atoms with van der Waals surface area (Å²) in [5.41, 5.74) is -0.434. The Hall–Kier alpha value is -5.24. The summed E-state index contributed by atoms with van der Waals surface area (Å²) in [4.78, 5) is 57.9. The first-order valence-corrected chi connectivity index (χ1v) is 20.4. The molecule has 0 bridgehead atoms. The van der Waals surface area contributed by atoms with Crippen LogP contribution in [0.15, 0.2) is 54.6 Å². The normalized spacial score (nSPS) is 21.3. The van der Waals surface area contributed by atoms with Crippen LogP contribution in [0.3, 0.4) is 0 Å². The molecule has 0 saturated carbocycles. The van der Waals surface area contributed by atoms with Gasteiger partial charge in [0.05, 0.1) is 29.4 Å². The highest BCUT2D eigenvalue weighted by Gasteiger charge is 2.51. The van der Waals surface area contributed by atoms with E-state index in [1.807, 2.05) is 13.0 Å². The van der Waals surface area contributed by atoms with E-state index in [1.165, 1.54) is 18.2 Å². The predicted octanol–water partition coefficient (Wildman–Crippen LogP) is 6.38. The maximum absolute atomic E-state index is 14.6. The van der Waals surface area contributed by atoms with Gasteiger partial charge in [0.25, 0.3) is 5.91 Å². The number of piperazine rings is 1. The molecule has 3 aromatic rings. The number of Topliss-reactive ketones (excluding diaryl/α,β-unsaturated/α-hetero) is 1. The highest BCUT2D eigenvalue weighted by atomic mass is 32.1. The molecule has 1 unspecified atom stereocenters. The topological polar surface area (TPSA) is 126 Å². The predicted molar refractivity (Wildman–Crippen MR) is 221 cm³/mol. The zero-order valence-electron chi connectivity index (χ0n) is 34.2. The van der Waals surface area contributed by atoms with Crippen molar-refractivity contribution in [1.29, 1.82) is 5.26 Å². The molecule has 3 aromatic carbocycles. The zero-order chi connectivity index (χ0) is 43.7. The highest BCUT2D eigenvalue weighted by molar-refractivity contribution is 7.81. The summed E-state index contributed by atoms with van der Waals surface area (Å²) < 4.78 is 62.2. The maximum atomic E-state index is 14.6. The number of hydrogen-bond donors (Lipinski definition) is 1. The lowest BCUT2D eigenvalue weighted by Gasteiger charge is -2.44. The number of nitriles is 1. The number of ketones is 1. The molecule has 3 heterocycles. The quantitative estimate of drug-likeness (QED) is 0.118. The third kappa shape index (κ3) is 9.53. The van der Waals surface area contributed by atoms with Crippen molar-refractivity contribution >= 4 is 52.2 Å². The van der Waals surface area contributed by atoms with E-state index in [9.17, 15) is 42.0 Å². The van der Waals surface area contributed by atoms with Gasteiger partial charge in [0, 0.05) is 56.2 Å². The first kappa shape index (κ1) is 44.3. The number of piperidine rings is 1. The number of thiocarbonyl (C=S) groups is 1. The van der Waals surface area contributed by atoms with Gasteiger partial charge in [0.15, 0.2) is 10.9 Å². The van der Waals surface area contributed by atoms with Gasteiger partial charge >= 0.3 is 6.18 Å². The molecule has 16 heteroatoms. The number of anilines is 2. The van der Waals surface area contributed by atoms with E-state index in [0.717, 1.165) is 22.6 Å². The van der Waals surface area contributed by atoms with Crippen LogP contribution in [0.4, 0.5) is 28.9 Å². The minimum Gasteiger partial charge on any atom is -0.492 e. The summed E-state index contributed by atoms with van der Waals surface area (Å²) in [6.07, 6.45) is -3.22. The fraction of sp³-hybridized carbons (Fsp3) is 0.455. The smallest absolute Gasteiger partial charge is 0.417 e. The Morgan fingerprint density at radius 3 is 2.33 bits per heavy atom. The monoisotopic (exact) mass is 848 g/mol. The van der Waals surface area contributed by atoms with E-state index < -0.39 is 40.5 Å². The highest BCUT2D eigenvalue weighted by Crippen LogP contribution is 2.40. The number of imide groups is 1. The van der Waals surface area contributed by atoms with Crippen LogP contribution in [-0.4, -0.2) is 88.8 Å². The van der Waals surface area contributed by atoms with Gasteiger partial charge in [-0.25, -0.2) is 4.39 Å². The lowest BCUT2D eigenvalue weighted by molar-refractivity contribution is -0.138. The first-order valence-electron chi connectivity index (χ1n) is 20.0. The number of amides is 3. The van der Waals surface area contributed by atoms with Crippen LogP contribution in [0.1, 0.15) is 75.3 Å². The second-order valence-corrected chi connectivity index (χ2v) is 16.7. The van der Waals surface area contributed by atoms with Gasteiger partial charge in [-0.05, 0) is 124 Å². The Balaban J connectivity index is 1.04. The number of carbonyl (C=O) groups is 4.